The van der Waals surface area contributed by atoms with Crippen LogP contribution in [0.5, 0.6) is 0 Å². The lowest BCUT2D eigenvalue weighted by Gasteiger charge is -1.94. The molecule has 0 radical (unpaired) electrons. The van der Waals surface area contributed by atoms with Crippen LogP contribution in [0.2, 0.25) is 0 Å². The van der Waals surface area contributed by atoms with E-state index in [2.05, 4.69) is 9.71 Å². The van der Waals surface area contributed by atoms with Crippen molar-refractivity contribution in [3.8, 4) is 0 Å². The van der Waals surface area contributed by atoms with E-state index in [9.17, 15) is 4.79 Å². The van der Waals surface area contributed by atoms with Crippen molar-refractivity contribution in [3.05, 3.63) is 24.5 Å². The zero-order chi connectivity index (χ0) is 7.23. The smallest absolute Gasteiger partial charge is 0.217 e. The molecule has 1 heterocycles. The number of nitrogens with one attached hydrogen (secondary N) is 1. The summed E-state index contributed by atoms with van der Waals surface area (Å²) in [4.78, 5) is 14.6. The molecule has 0 bridgehead atoms. The fourth-order valence-electron chi connectivity index (χ4n) is 0.500. The summed E-state index contributed by atoms with van der Waals surface area (Å²) in [6.45, 7) is 0. The summed E-state index contributed by atoms with van der Waals surface area (Å²) < 4.78 is 2.46. The van der Waals surface area contributed by atoms with Crippen molar-refractivity contribution in [1.82, 2.24) is 9.71 Å². The average molecular weight is 154 g/mol. The second-order valence-corrected chi connectivity index (χ2v) is 2.44. The monoisotopic (exact) mass is 154 g/mol. The first-order valence-electron chi connectivity index (χ1n) is 2.69. The minimum absolute atomic E-state index is 0.637. The third-order valence-corrected chi connectivity index (χ3v) is 1.55. The molecule has 1 N–H and O–H groups in total. The Morgan fingerprint density at radius 2 is 2.60 bits per heavy atom. The third kappa shape index (κ3) is 2.06. The van der Waals surface area contributed by atoms with Crippen molar-refractivity contribution in [2.24, 2.45) is 0 Å². The highest BCUT2D eigenvalue weighted by Gasteiger charge is 1.87. The van der Waals surface area contributed by atoms with Gasteiger partial charge in [0.2, 0.25) is 6.41 Å². The second kappa shape index (κ2) is 3.90. The number of pyridine rings is 1. The van der Waals surface area contributed by atoms with E-state index in [1.54, 1.807) is 12.4 Å². The van der Waals surface area contributed by atoms with Crippen molar-refractivity contribution in [3.63, 3.8) is 0 Å². The zero-order valence-corrected chi connectivity index (χ0v) is 5.97. The Morgan fingerprint density at radius 1 is 1.70 bits per heavy atom. The van der Waals surface area contributed by atoms with Crippen LogP contribution in [0.25, 0.3) is 0 Å². The molecule has 0 aliphatic heterocycles. The Kier molecular flexibility index (Phi) is 2.76. The van der Waals surface area contributed by atoms with E-state index in [4.69, 9.17) is 0 Å². The maximum absolute atomic E-state index is 9.83. The van der Waals surface area contributed by atoms with E-state index in [0.717, 1.165) is 4.90 Å². The van der Waals surface area contributed by atoms with Gasteiger partial charge in [-0.2, -0.15) is 0 Å². The van der Waals surface area contributed by atoms with Gasteiger partial charge in [-0.05, 0) is 24.1 Å². The van der Waals surface area contributed by atoms with Gasteiger partial charge in [-0.15, -0.1) is 0 Å². The Hall–Kier alpha value is -1.03. The number of hydrogen-bond acceptors (Lipinski definition) is 3. The highest BCUT2D eigenvalue weighted by Crippen LogP contribution is 2.09. The Bertz CT molecular complexity index is 202. The van der Waals surface area contributed by atoms with Crippen molar-refractivity contribution >= 4 is 18.4 Å². The average Bonchev–Trinajstić information content (AvgIpc) is 2.03. The lowest BCUT2D eigenvalue weighted by molar-refractivity contribution is -0.107. The molecule has 0 aliphatic rings. The summed E-state index contributed by atoms with van der Waals surface area (Å²) in [7, 11) is 0. The first-order valence-corrected chi connectivity index (χ1v) is 3.51. The van der Waals surface area contributed by atoms with Crippen LogP contribution in [0.1, 0.15) is 0 Å². The van der Waals surface area contributed by atoms with E-state index in [1.807, 2.05) is 12.1 Å². The lowest BCUT2D eigenvalue weighted by Crippen LogP contribution is -1.96. The highest BCUT2D eigenvalue weighted by molar-refractivity contribution is 7.97. The van der Waals surface area contributed by atoms with Crippen molar-refractivity contribution < 1.29 is 4.79 Å². The van der Waals surface area contributed by atoms with Crippen LogP contribution < -0.4 is 4.72 Å². The Labute approximate surface area is 63.0 Å². The topological polar surface area (TPSA) is 42.0 Å². The molecule has 0 atom stereocenters. The SMILES string of the molecule is O=CNSc1cccnc1. The van der Waals surface area contributed by atoms with Gasteiger partial charge in [0, 0.05) is 17.3 Å². The molecule has 52 valence electrons. The number of rotatable bonds is 3. The largest absolute Gasteiger partial charge is 0.299 e. The summed E-state index contributed by atoms with van der Waals surface area (Å²) in [6.07, 6.45) is 4.00. The zero-order valence-electron chi connectivity index (χ0n) is 5.15. The molecule has 0 fully saturated rings. The van der Waals surface area contributed by atoms with Crippen LogP contribution in [-0.2, 0) is 4.79 Å². The molecule has 0 saturated heterocycles. The molecule has 0 unspecified atom stereocenters. The molecular weight excluding hydrogens is 148 g/mol. The van der Waals surface area contributed by atoms with Crippen molar-refractivity contribution in [2.45, 2.75) is 4.90 Å². The number of amides is 1. The molecule has 1 aromatic heterocycles. The van der Waals surface area contributed by atoms with Crippen molar-refractivity contribution in [2.75, 3.05) is 0 Å². The number of hydrogen-bond donors (Lipinski definition) is 1. The maximum Gasteiger partial charge on any atom is 0.217 e. The van der Waals surface area contributed by atoms with Crippen LogP contribution >= 0.6 is 11.9 Å². The summed E-state index contributed by atoms with van der Waals surface area (Å²) in [5.41, 5.74) is 0. The molecular formula is C6H6N2OS. The molecule has 0 spiro atoms. The van der Waals surface area contributed by atoms with Gasteiger partial charge < -0.3 is 0 Å². The molecule has 4 heteroatoms. The van der Waals surface area contributed by atoms with E-state index in [1.165, 1.54) is 11.9 Å². The first-order chi connectivity index (χ1) is 4.93. The van der Waals surface area contributed by atoms with E-state index in [0.29, 0.717) is 6.41 Å². The number of carbonyl (C=O) groups is 1. The van der Waals surface area contributed by atoms with Gasteiger partial charge in [0.15, 0.2) is 0 Å². The number of carbonyl (C=O) groups excluding carboxylic acids is 1. The molecule has 3 nitrogen and oxygen atoms in total. The number of aromatic nitrogens is 1. The van der Waals surface area contributed by atoms with Crippen LogP contribution in [0.3, 0.4) is 0 Å². The van der Waals surface area contributed by atoms with Crippen LogP contribution in [0.4, 0.5) is 0 Å². The quantitative estimate of drug-likeness (QED) is 0.518. The molecule has 1 amide bonds. The minimum Gasteiger partial charge on any atom is -0.299 e. The van der Waals surface area contributed by atoms with Gasteiger partial charge in [0.05, 0.1) is 0 Å². The summed E-state index contributed by atoms with van der Waals surface area (Å²) >= 11 is 1.24. The normalized spacial score (nSPS) is 8.80. The van der Waals surface area contributed by atoms with Crippen LogP contribution in [0, 0.1) is 0 Å². The molecule has 10 heavy (non-hydrogen) atoms. The van der Waals surface area contributed by atoms with Gasteiger partial charge in [0.1, 0.15) is 0 Å². The predicted octanol–water partition coefficient (Wildman–Crippen LogP) is 0.835. The molecule has 0 aliphatic carbocycles. The standard InChI is InChI=1S/C6H6N2OS/c9-5-8-10-6-2-1-3-7-4-6/h1-5H,(H,8,9). The summed E-state index contributed by atoms with van der Waals surface area (Å²) in [5, 5.41) is 0. The maximum atomic E-state index is 9.83. The van der Waals surface area contributed by atoms with Gasteiger partial charge in [-0.25, -0.2) is 0 Å². The number of nitrogens with zero attached hydrogens (tertiary/aromatic N) is 1. The molecule has 0 saturated carbocycles. The van der Waals surface area contributed by atoms with E-state index >= 15 is 0 Å². The van der Waals surface area contributed by atoms with Gasteiger partial charge in [0.25, 0.3) is 0 Å². The van der Waals surface area contributed by atoms with Gasteiger partial charge in [-0.3, -0.25) is 14.5 Å². The predicted molar refractivity (Wildman–Crippen MR) is 39.3 cm³/mol. The third-order valence-electron chi connectivity index (χ3n) is 0.859. The minimum atomic E-state index is 0.637. The second-order valence-electron chi connectivity index (χ2n) is 1.53. The van der Waals surface area contributed by atoms with Crippen LogP contribution in [-0.4, -0.2) is 11.4 Å². The summed E-state index contributed by atoms with van der Waals surface area (Å²) in [5.74, 6) is 0. The van der Waals surface area contributed by atoms with E-state index in [-0.39, 0.29) is 0 Å². The molecule has 1 rings (SSSR count). The van der Waals surface area contributed by atoms with E-state index < -0.39 is 0 Å². The summed E-state index contributed by atoms with van der Waals surface area (Å²) in [6, 6.07) is 3.68. The molecule has 0 aromatic carbocycles. The first kappa shape index (κ1) is 7.08. The highest BCUT2D eigenvalue weighted by atomic mass is 32.2. The fraction of sp³-hybridized carbons (Fsp3) is 0. The Morgan fingerprint density at radius 3 is 3.20 bits per heavy atom. The Balaban J connectivity index is 2.50. The lowest BCUT2D eigenvalue weighted by atomic mass is 10.5. The van der Waals surface area contributed by atoms with Crippen LogP contribution in [0.15, 0.2) is 29.4 Å². The molecule has 1 aromatic rings. The van der Waals surface area contributed by atoms with Crippen molar-refractivity contribution in [1.29, 1.82) is 0 Å². The fourth-order valence-corrected chi connectivity index (χ4v) is 0.944. The van der Waals surface area contributed by atoms with Gasteiger partial charge in [-0.1, -0.05) is 0 Å². The van der Waals surface area contributed by atoms with Gasteiger partial charge >= 0.3 is 0 Å².